The summed E-state index contributed by atoms with van der Waals surface area (Å²) in [4.78, 5) is 29.8. The average molecular weight is 158 g/mol. The summed E-state index contributed by atoms with van der Waals surface area (Å²) in [6.07, 6.45) is 1.88. The fourth-order valence-electron chi connectivity index (χ4n) is 0.731. The summed E-state index contributed by atoms with van der Waals surface area (Å²) in [6.45, 7) is 0. The van der Waals surface area contributed by atoms with Crippen LogP contribution in [0, 0.1) is 0 Å². The van der Waals surface area contributed by atoms with Crippen molar-refractivity contribution in [2.45, 2.75) is 18.9 Å². The summed E-state index contributed by atoms with van der Waals surface area (Å²) in [6, 6.07) is 0.159. The number of hydrazine groups is 1. The second kappa shape index (κ2) is 2.18. The standard InChI is InChI=1S/C5H6N2O4/c8-4-5(9)11-7(6-10-4)3-1-2-3/h3,6H,1-2H2. The molecule has 1 aliphatic heterocycles. The van der Waals surface area contributed by atoms with Crippen molar-refractivity contribution in [3.8, 4) is 0 Å². The summed E-state index contributed by atoms with van der Waals surface area (Å²) >= 11 is 0. The lowest BCUT2D eigenvalue weighted by Gasteiger charge is -2.23. The van der Waals surface area contributed by atoms with Crippen LogP contribution in [0.1, 0.15) is 12.8 Å². The van der Waals surface area contributed by atoms with Gasteiger partial charge in [0, 0.05) is 0 Å². The number of nitrogens with one attached hydrogen (secondary N) is 1. The SMILES string of the molecule is O=C1ONN(C2CC2)OC1=O. The quantitative estimate of drug-likeness (QED) is 0.488. The van der Waals surface area contributed by atoms with Crippen molar-refractivity contribution in [2.75, 3.05) is 0 Å². The van der Waals surface area contributed by atoms with Crippen LogP contribution in [0.4, 0.5) is 0 Å². The molecule has 0 aromatic rings. The molecule has 2 fully saturated rings. The van der Waals surface area contributed by atoms with Crippen molar-refractivity contribution in [1.29, 1.82) is 0 Å². The number of carbonyl (C=O) groups is 2. The van der Waals surface area contributed by atoms with E-state index >= 15 is 0 Å². The fourth-order valence-corrected chi connectivity index (χ4v) is 0.731. The van der Waals surface area contributed by atoms with Crippen molar-refractivity contribution in [3.63, 3.8) is 0 Å². The minimum absolute atomic E-state index is 0.159. The highest BCUT2D eigenvalue weighted by atomic mass is 16.9. The number of hydrogen-bond donors (Lipinski definition) is 1. The molecule has 6 nitrogen and oxygen atoms in total. The van der Waals surface area contributed by atoms with Gasteiger partial charge in [0.1, 0.15) is 0 Å². The highest BCUT2D eigenvalue weighted by Gasteiger charge is 2.38. The van der Waals surface area contributed by atoms with Gasteiger partial charge in [0.05, 0.1) is 6.04 Å². The van der Waals surface area contributed by atoms with E-state index < -0.39 is 11.9 Å². The second-order valence-corrected chi connectivity index (χ2v) is 2.42. The molecule has 0 atom stereocenters. The van der Waals surface area contributed by atoms with Crippen molar-refractivity contribution in [1.82, 2.24) is 10.8 Å². The Kier molecular flexibility index (Phi) is 1.30. The Hall–Kier alpha value is -1.14. The average Bonchev–Trinajstić information content (AvgIpc) is 2.77. The molecule has 1 N–H and O–H groups in total. The lowest BCUT2D eigenvalue weighted by atomic mass is 10.7. The molecule has 0 aromatic carbocycles. The zero-order valence-corrected chi connectivity index (χ0v) is 5.57. The van der Waals surface area contributed by atoms with Gasteiger partial charge in [-0.15, -0.1) is 0 Å². The maximum Gasteiger partial charge on any atom is 0.439 e. The largest absolute Gasteiger partial charge is 0.439 e. The molecular weight excluding hydrogens is 152 g/mol. The molecule has 60 valence electrons. The van der Waals surface area contributed by atoms with Crippen molar-refractivity contribution >= 4 is 11.9 Å². The minimum Gasteiger partial charge on any atom is -0.343 e. The molecule has 2 aliphatic rings. The van der Waals surface area contributed by atoms with Crippen molar-refractivity contribution in [3.05, 3.63) is 0 Å². The van der Waals surface area contributed by atoms with Gasteiger partial charge in [-0.1, -0.05) is 0 Å². The van der Waals surface area contributed by atoms with Crippen LogP contribution in [0.25, 0.3) is 0 Å². The van der Waals surface area contributed by atoms with E-state index in [0.29, 0.717) is 0 Å². The van der Waals surface area contributed by atoms with Crippen molar-refractivity contribution in [2.24, 2.45) is 0 Å². The molecule has 0 unspecified atom stereocenters. The number of hydrogen-bond acceptors (Lipinski definition) is 6. The minimum atomic E-state index is -1.01. The topological polar surface area (TPSA) is 67.9 Å². The van der Waals surface area contributed by atoms with Crippen LogP contribution in [0.2, 0.25) is 0 Å². The third-order valence-corrected chi connectivity index (χ3v) is 1.45. The van der Waals surface area contributed by atoms with E-state index in [1.165, 1.54) is 0 Å². The van der Waals surface area contributed by atoms with Crippen LogP contribution in [0.5, 0.6) is 0 Å². The van der Waals surface area contributed by atoms with Gasteiger partial charge < -0.3 is 9.68 Å². The Morgan fingerprint density at radius 2 is 2.09 bits per heavy atom. The Morgan fingerprint density at radius 3 is 2.64 bits per heavy atom. The van der Waals surface area contributed by atoms with E-state index in [0.717, 1.165) is 18.0 Å². The fraction of sp³-hybridized carbons (Fsp3) is 0.600. The number of carbonyl (C=O) groups excluding carboxylic acids is 2. The first-order valence-electron chi connectivity index (χ1n) is 3.25. The highest BCUT2D eigenvalue weighted by Crippen LogP contribution is 2.26. The van der Waals surface area contributed by atoms with Crippen LogP contribution in [0.15, 0.2) is 0 Å². The lowest BCUT2D eigenvalue weighted by molar-refractivity contribution is -0.283. The highest BCUT2D eigenvalue weighted by molar-refractivity contribution is 6.29. The maximum atomic E-state index is 10.6. The van der Waals surface area contributed by atoms with Gasteiger partial charge in [-0.2, -0.15) is 0 Å². The second-order valence-electron chi connectivity index (χ2n) is 2.42. The molecule has 1 saturated heterocycles. The van der Waals surface area contributed by atoms with E-state index in [1.54, 1.807) is 0 Å². The first kappa shape index (κ1) is 6.56. The van der Waals surface area contributed by atoms with Crippen LogP contribution in [-0.4, -0.2) is 23.2 Å². The zero-order valence-electron chi connectivity index (χ0n) is 5.57. The van der Waals surface area contributed by atoms with Crippen LogP contribution in [-0.2, 0) is 19.3 Å². The van der Waals surface area contributed by atoms with Gasteiger partial charge in [0.25, 0.3) is 0 Å². The smallest absolute Gasteiger partial charge is 0.343 e. The molecule has 0 bridgehead atoms. The van der Waals surface area contributed by atoms with E-state index in [4.69, 9.17) is 0 Å². The predicted octanol–water partition coefficient (Wildman–Crippen LogP) is -1.11. The van der Waals surface area contributed by atoms with E-state index in [-0.39, 0.29) is 6.04 Å². The van der Waals surface area contributed by atoms with Gasteiger partial charge >= 0.3 is 11.9 Å². The van der Waals surface area contributed by atoms with Gasteiger partial charge in [-0.25, -0.2) is 9.59 Å². The Morgan fingerprint density at radius 1 is 1.36 bits per heavy atom. The zero-order chi connectivity index (χ0) is 7.84. The third kappa shape index (κ3) is 1.17. The first-order valence-corrected chi connectivity index (χ1v) is 3.25. The van der Waals surface area contributed by atoms with Gasteiger partial charge in [-0.05, 0) is 23.6 Å². The van der Waals surface area contributed by atoms with Gasteiger partial charge in [0.15, 0.2) is 0 Å². The van der Waals surface area contributed by atoms with E-state index in [2.05, 4.69) is 15.3 Å². The predicted molar refractivity (Wildman–Crippen MR) is 30.2 cm³/mol. The molecule has 0 spiro atoms. The van der Waals surface area contributed by atoms with Crippen LogP contribution >= 0.6 is 0 Å². The van der Waals surface area contributed by atoms with Gasteiger partial charge in [0.2, 0.25) is 0 Å². The Balaban J connectivity index is 1.96. The Bertz CT molecular complexity index is 213. The molecule has 11 heavy (non-hydrogen) atoms. The molecule has 0 amide bonds. The normalized spacial score (nSPS) is 26.2. The summed E-state index contributed by atoms with van der Waals surface area (Å²) in [5, 5.41) is 1.16. The van der Waals surface area contributed by atoms with E-state index in [1.807, 2.05) is 0 Å². The molecule has 2 rings (SSSR count). The number of nitrogens with zero attached hydrogens (tertiary/aromatic N) is 1. The van der Waals surface area contributed by atoms with E-state index in [9.17, 15) is 9.59 Å². The first-order chi connectivity index (χ1) is 5.27. The summed E-state index contributed by atoms with van der Waals surface area (Å²) < 4.78 is 0. The molecule has 6 heteroatoms. The molecule has 0 aromatic heterocycles. The summed E-state index contributed by atoms with van der Waals surface area (Å²) in [7, 11) is 0. The summed E-state index contributed by atoms with van der Waals surface area (Å²) in [5.74, 6) is -1.99. The molecule has 1 saturated carbocycles. The molecule has 1 heterocycles. The molecule has 1 aliphatic carbocycles. The number of hydroxylamine groups is 1. The monoisotopic (exact) mass is 158 g/mol. The van der Waals surface area contributed by atoms with Gasteiger partial charge in [-0.3, -0.25) is 0 Å². The maximum absolute atomic E-state index is 10.6. The third-order valence-electron chi connectivity index (χ3n) is 1.45. The summed E-state index contributed by atoms with van der Waals surface area (Å²) in [5.41, 5.74) is 2.20. The number of rotatable bonds is 1. The van der Waals surface area contributed by atoms with Crippen LogP contribution < -0.4 is 5.59 Å². The van der Waals surface area contributed by atoms with Crippen molar-refractivity contribution < 1.29 is 19.3 Å². The molecule has 0 radical (unpaired) electrons. The molecular formula is C5H6N2O4. The lowest BCUT2D eigenvalue weighted by Crippen LogP contribution is -2.50. The Labute approximate surface area is 61.9 Å². The van der Waals surface area contributed by atoms with Crippen LogP contribution in [0.3, 0.4) is 0 Å².